The minimum atomic E-state index is -0.197. The molecule has 0 spiro atoms. The second-order valence-electron chi connectivity index (χ2n) is 5.84. The molecule has 0 bridgehead atoms. The summed E-state index contributed by atoms with van der Waals surface area (Å²) < 4.78 is 13.8. The summed E-state index contributed by atoms with van der Waals surface area (Å²) in [6.07, 6.45) is 6.67. The topological polar surface area (TPSA) is 12.0 Å². The van der Waals surface area contributed by atoms with Crippen molar-refractivity contribution in [1.82, 2.24) is 5.32 Å². The predicted molar refractivity (Wildman–Crippen MR) is 81.7 cm³/mol. The summed E-state index contributed by atoms with van der Waals surface area (Å²) in [5.41, 5.74) is 1.63. The van der Waals surface area contributed by atoms with Crippen molar-refractivity contribution >= 4 is 15.9 Å². The Kier molecular flexibility index (Phi) is 5.02. The molecule has 0 aromatic heterocycles. The third-order valence-corrected chi connectivity index (χ3v) is 5.25. The number of halogens is 2. The highest BCUT2D eigenvalue weighted by Crippen LogP contribution is 2.40. The molecular formula is C16H23BrFN. The number of benzene rings is 1. The fraction of sp³-hybridized carbons (Fsp3) is 0.625. The summed E-state index contributed by atoms with van der Waals surface area (Å²) in [4.78, 5) is 0. The second-order valence-corrected chi connectivity index (χ2v) is 6.69. The van der Waals surface area contributed by atoms with Gasteiger partial charge in [-0.05, 0) is 65.2 Å². The van der Waals surface area contributed by atoms with Gasteiger partial charge in [-0.2, -0.15) is 0 Å². The Morgan fingerprint density at radius 2 is 2.05 bits per heavy atom. The minimum Gasteiger partial charge on any atom is -0.310 e. The van der Waals surface area contributed by atoms with E-state index in [9.17, 15) is 4.39 Å². The molecule has 1 N–H and O–H groups in total. The van der Waals surface area contributed by atoms with Crippen LogP contribution in [0.25, 0.3) is 0 Å². The molecule has 1 fully saturated rings. The van der Waals surface area contributed by atoms with Gasteiger partial charge < -0.3 is 5.32 Å². The zero-order valence-electron chi connectivity index (χ0n) is 11.8. The summed E-state index contributed by atoms with van der Waals surface area (Å²) in [6, 6.07) is 5.54. The molecule has 1 atom stereocenters. The molecule has 1 aliphatic carbocycles. The van der Waals surface area contributed by atoms with Crippen LogP contribution in [-0.2, 0) is 0 Å². The molecule has 1 aliphatic rings. The van der Waals surface area contributed by atoms with E-state index in [1.807, 2.05) is 12.1 Å². The van der Waals surface area contributed by atoms with Gasteiger partial charge in [-0.15, -0.1) is 0 Å². The Hall–Kier alpha value is -0.410. The van der Waals surface area contributed by atoms with Gasteiger partial charge in [-0.25, -0.2) is 4.39 Å². The van der Waals surface area contributed by atoms with Crippen LogP contribution in [0.5, 0.6) is 0 Å². The van der Waals surface area contributed by atoms with Gasteiger partial charge in [-0.3, -0.25) is 0 Å². The smallest absolute Gasteiger partial charge is 0.137 e. The molecule has 106 valence electrons. The molecule has 2 rings (SSSR count). The Morgan fingerprint density at radius 3 is 2.63 bits per heavy atom. The Bertz CT molecular complexity index is 427. The van der Waals surface area contributed by atoms with Crippen LogP contribution < -0.4 is 5.32 Å². The Balaban J connectivity index is 1.96. The lowest BCUT2D eigenvalue weighted by Crippen LogP contribution is -2.33. The predicted octanol–water partition coefficient (Wildman–Crippen LogP) is 5.21. The molecule has 0 heterocycles. The first-order valence-corrected chi connectivity index (χ1v) is 8.04. The molecule has 1 aromatic carbocycles. The van der Waals surface area contributed by atoms with Crippen LogP contribution in [0.3, 0.4) is 0 Å². The number of rotatable bonds is 5. The van der Waals surface area contributed by atoms with E-state index in [1.54, 1.807) is 0 Å². The van der Waals surface area contributed by atoms with Crippen LogP contribution in [0.1, 0.15) is 57.6 Å². The molecule has 0 saturated heterocycles. The van der Waals surface area contributed by atoms with Crippen LogP contribution in [0, 0.1) is 11.2 Å². The Labute approximate surface area is 124 Å². The van der Waals surface area contributed by atoms with Gasteiger partial charge in [-0.1, -0.05) is 25.8 Å². The molecule has 1 unspecified atom stereocenters. The molecule has 1 aromatic rings. The summed E-state index contributed by atoms with van der Waals surface area (Å²) in [5, 5.41) is 3.64. The molecule has 1 nitrogen and oxygen atoms in total. The molecule has 0 amide bonds. The minimum absolute atomic E-state index is 0.197. The van der Waals surface area contributed by atoms with Crippen LogP contribution >= 0.6 is 15.9 Å². The summed E-state index contributed by atoms with van der Waals surface area (Å²) >= 11 is 3.25. The van der Waals surface area contributed by atoms with Crippen LogP contribution in [0.15, 0.2) is 22.7 Å². The van der Waals surface area contributed by atoms with Crippen LogP contribution in [0.4, 0.5) is 4.39 Å². The largest absolute Gasteiger partial charge is 0.310 e. The monoisotopic (exact) mass is 327 g/mol. The highest BCUT2D eigenvalue weighted by atomic mass is 79.9. The SMILES string of the molecule is CCC1(CNC(C)c2ccc(F)c(Br)c2)CCCC1. The van der Waals surface area contributed by atoms with Crippen molar-refractivity contribution in [3.63, 3.8) is 0 Å². The standard InChI is InChI=1S/C16H23BrFN/c1-3-16(8-4-5-9-16)11-19-12(2)13-6-7-15(18)14(17)10-13/h6-7,10,12,19H,3-5,8-9,11H2,1-2H3. The Morgan fingerprint density at radius 1 is 1.37 bits per heavy atom. The summed E-state index contributed by atoms with van der Waals surface area (Å²) in [7, 11) is 0. The van der Waals surface area contributed by atoms with Crippen molar-refractivity contribution in [1.29, 1.82) is 0 Å². The molecule has 1 saturated carbocycles. The van der Waals surface area contributed by atoms with E-state index in [4.69, 9.17) is 0 Å². The normalized spacial score (nSPS) is 19.6. The van der Waals surface area contributed by atoms with Gasteiger partial charge in [0.2, 0.25) is 0 Å². The van der Waals surface area contributed by atoms with Gasteiger partial charge in [0, 0.05) is 12.6 Å². The lowest BCUT2D eigenvalue weighted by atomic mass is 9.83. The molecular weight excluding hydrogens is 305 g/mol. The van der Waals surface area contributed by atoms with Gasteiger partial charge in [0.1, 0.15) is 5.82 Å². The number of hydrogen-bond donors (Lipinski definition) is 1. The summed E-state index contributed by atoms with van der Waals surface area (Å²) in [5.74, 6) is -0.197. The van der Waals surface area contributed by atoms with Gasteiger partial charge in [0.15, 0.2) is 0 Å². The second kappa shape index (κ2) is 6.36. The van der Waals surface area contributed by atoms with E-state index in [0.29, 0.717) is 9.89 Å². The average Bonchev–Trinajstić information content (AvgIpc) is 2.89. The van der Waals surface area contributed by atoms with Crippen LogP contribution in [0.2, 0.25) is 0 Å². The first-order chi connectivity index (χ1) is 9.06. The van der Waals surface area contributed by atoms with Crippen molar-refractivity contribution in [3.05, 3.63) is 34.1 Å². The fourth-order valence-corrected chi connectivity index (χ4v) is 3.45. The van der Waals surface area contributed by atoms with Gasteiger partial charge in [0.05, 0.1) is 4.47 Å². The number of hydrogen-bond acceptors (Lipinski definition) is 1. The van der Waals surface area contributed by atoms with Crippen molar-refractivity contribution in [2.75, 3.05) is 6.54 Å². The van der Waals surface area contributed by atoms with E-state index in [-0.39, 0.29) is 11.9 Å². The van der Waals surface area contributed by atoms with Gasteiger partial charge >= 0.3 is 0 Å². The fourth-order valence-electron chi connectivity index (χ4n) is 3.05. The van der Waals surface area contributed by atoms with Gasteiger partial charge in [0.25, 0.3) is 0 Å². The summed E-state index contributed by atoms with van der Waals surface area (Å²) in [6.45, 7) is 5.52. The maximum absolute atomic E-state index is 13.2. The molecule has 3 heteroatoms. The lowest BCUT2D eigenvalue weighted by molar-refractivity contribution is 0.259. The third-order valence-electron chi connectivity index (χ3n) is 4.64. The molecule has 0 aliphatic heterocycles. The quantitative estimate of drug-likeness (QED) is 0.782. The number of nitrogens with one attached hydrogen (secondary N) is 1. The van der Waals surface area contributed by atoms with E-state index < -0.39 is 0 Å². The molecule has 0 radical (unpaired) electrons. The van der Waals surface area contributed by atoms with Crippen molar-refractivity contribution in [2.24, 2.45) is 5.41 Å². The highest BCUT2D eigenvalue weighted by Gasteiger charge is 2.31. The zero-order valence-corrected chi connectivity index (χ0v) is 13.4. The molecule has 19 heavy (non-hydrogen) atoms. The van der Waals surface area contributed by atoms with Crippen molar-refractivity contribution < 1.29 is 4.39 Å². The first-order valence-electron chi connectivity index (χ1n) is 7.25. The first kappa shape index (κ1) is 15.0. The van der Waals surface area contributed by atoms with E-state index in [0.717, 1.165) is 12.1 Å². The van der Waals surface area contributed by atoms with Crippen LogP contribution in [-0.4, -0.2) is 6.54 Å². The third kappa shape index (κ3) is 3.57. The average molecular weight is 328 g/mol. The van der Waals surface area contributed by atoms with E-state index >= 15 is 0 Å². The lowest BCUT2D eigenvalue weighted by Gasteiger charge is -2.30. The van der Waals surface area contributed by atoms with Crippen molar-refractivity contribution in [3.8, 4) is 0 Å². The van der Waals surface area contributed by atoms with E-state index in [2.05, 4.69) is 35.1 Å². The van der Waals surface area contributed by atoms with Crippen molar-refractivity contribution in [2.45, 2.75) is 52.0 Å². The highest BCUT2D eigenvalue weighted by molar-refractivity contribution is 9.10. The maximum Gasteiger partial charge on any atom is 0.137 e. The van der Waals surface area contributed by atoms with E-state index in [1.165, 1.54) is 38.2 Å². The maximum atomic E-state index is 13.2. The zero-order chi connectivity index (χ0) is 13.9.